The number of hydrogen-bond acceptors (Lipinski definition) is 8. The van der Waals surface area contributed by atoms with Crippen LogP contribution in [0.15, 0.2) is 91.3 Å². The Morgan fingerprint density at radius 3 is 2.17 bits per heavy atom. The minimum Gasteiger partial charge on any atom is -0.480 e. The normalized spacial score (nSPS) is 12.2. The fraction of sp³-hybridized carbons (Fsp3) is 0.233. The number of ether oxygens (including phenoxy) is 1. The molecule has 206 valence electrons. The first kappa shape index (κ1) is 28.0. The third kappa shape index (κ3) is 7.53. The molecule has 1 amide bonds. The van der Waals surface area contributed by atoms with E-state index in [2.05, 4.69) is 44.2 Å². The minimum absolute atomic E-state index is 0.0629. The van der Waals surface area contributed by atoms with Gasteiger partial charge in [-0.1, -0.05) is 72.8 Å². The van der Waals surface area contributed by atoms with Crippen LogP contribution in [-0.2, 0) is 17.8 Å². The van der Waals surface area contributed by atoms with Crippen LogP contribution in [0.2, 0.25) is 0 Å². The van der Waals surface area contributed by atoms with E-state index in [1.54, 1.807) is 38.4 Å². The van der Waals surface area contributed by atoms with Crippen molar-refractivity contribution in [2.45, 2.75) is 32.0 Å². The molecule has 0 saturated carbocycles. The molecule has 2 unspecified atom stereocenters. The first-order valence-electron chi connectivity index (χ1n) is 12.8. The van der Waals surface area contributed by atoms with Crippen LogP contribution in [0.4, 0.5) is 16.7 Å². The molecule has 40 heavy (non-hydrogen) atoms. The van der Waals surface area contributed by atoms with E-state index >= 15 is 0 Å². The number of benzene rings is 3. The van der Waals surface area contributed by atoms with E-state index in [4.69, 9.17) is 4.74 Å². The van der Waals surface area contributed by atoms with Crippen molar-refractivity contribution in [3.63, 3.8) is 0 Å². The quantitative estimate of drug-likeness (QED) is 0.276. The number of carboxylic acid groups (broad SMARTS) is 1. The van der Waals surface area contributed by atoms with Crippen molar-refractivity contribution >= 4 is 24.0 Å². The predicted octanol–water partition coefficient (Wildman–Crippen LogP) is 4.81. The van der Waals surface area contributed by atoms with Crippen LogP contribution in [0, 0.1) is 0 Å². The van der Waals surface area contributed by atoms with Gasteiger partial charge in [0.15, 0.2) is 0 Å². The molecule has 0 spiro atoms. The van der Waals surface area contributed by atoms with Gasteiger partial charge in [0.05, 0.1) is 6.04 Å². The molecule has 1 aromatic heterocycles. The first-order chi connectivity index (χ1) is 19.3. The summed E-state index contributed by atoms with van der Waals surface area (Å²) in [6.07, 6.45) is 1.05. The van der Waals surface area contributed by atoms with Gasteiger partial charge in [-0.3, -0.25) is 0 Å². The number of nitrogens with zero attached hydrogens (tertiary/aromatic N) is 5. The summed E-state index contributed by atoms with van der Waals surface area (Å²) in [6.45, 7) is 2.63. The van der Waals surface area contributed by atoms with Crippen molar-refractivity contribution in [3.05, 3.63) is 108 Å². The maximum atomic E-state index is 12.1. The van der Waals surface area contributed by atoms with Crippen LogP contribution in [-0.4, -0.2) is 57.2 Å². The molecule has 4 rings (SSSR count). The van der Waals surface area contributed by atoms with Gasteiger partial charge in [-0.2, -0.15) is 4.98 Å². The number of carbonyl (C=O) groups is 2. The number of aromatic nitrogens is 3. The Morgan fingerprint density at radius 2 is 1.55 bits per heavy atom. The number of rotatable bonds is 11. The van der Waals surface area contributed by atoms with Gasteiger partial charge < -0.3 is 25.0 Å². The molecular formula is C30H32N6O4. The highest BCUT2D eigenvalue weighted by atomic mass is 16.6. The van der Waals surface area contributed by atoms with Crippen molar-refractivity contribution in [2.75, 3.05) is 24.3 Å². The maximum Gasteiger partial charge on any atom is 0.414 e. The summed E-state index contributed by atoms with van der Waals surface area (Å²) < 4.78 is 5.23. The highest BCUT2D eigenvalue weighted by Crippen LogP contribution is 2.27. The molecule has 0 fully saturated rings. The zero-order valence-electron chi connectivity index (χ0n) is 22.6. The van der Waals surface area contributed by atoms with Gasteiger partial charge >= 0.3 is 12.1 Å². The highest BCUT2D eigenvalue weighted by Gasteiger charge is 2.23. The summed E-state index contributed by atoms with van der Waals surface area (Å²) in [5.74, 6) is -0.0968. The highest BCUT2D eigenvalue weighted by molar-refractivity contribution is 5.77. The fourth-order valence-corrected chi connectivity index (χ4v) is 4.05. The standard InChI is InChI=1S/C30H32N6O4/c1-21(24-12-8-5-9-13-24)36(19-23-10-6-4-7-11-23)29-32-20-31-28(34-29)33-26(27(37)38)18-22-14-16-25(17-15-22)40-30(39)35(2)3/h4-17,20-21,26H,18-19H2,1-3H3,(H,37,38)(H,31,32,33,34). The summed E-state index contributed by atoms with van der Waals surface area (Å²) >= 11 is 0. The lowest BCUT2D eigenvalue weighted by atomic mass is 10.1. The van der Waals surface area contributed by atoms with E-state index in [1.165, 1.54) is 11.2 Å². The van der Waals surface area contributed by atoms with E-state index in [0.29, 0.717) is 18.2 Å². The Morgan fingerprint density at radius 1 is 0.900 bits per heavy atom. The SMILES string of the molecule is CC(c1ccccc1)N(Cc1ccccc1)c1ncnc(NC(Cc2ccc(OC(=O)N(C)C)cc2)C(=O)O)n1. The van der Waals surface area contributed by atoms with Crippen molar-refractivity contribution < 1.29 is 19.4 Å². The van der Waals surface area contributed by atoms with Gasteiger partial charge in [-0.25, -0.2) is 19.6 Å². The van der Waals surface area contributed by atoms with Gasteiger partial charge in [0.2, 0.25) is 11.9 Å². The smallest absolute Gasteiger partial charge is 0.414 e. The van der Waals surface area contributed by atoms with Gasteiger partial charge in [-0.15, -0.1) is 0 Å². The summed E-state index contributed by atoms with van der Waals surface area (Å²) in [7, 11) is 3.19. The van der Waals surface area contributed by atoms with E-state index < -0.39 is 18.1 Å². The van der Waals surface area contributed by atoms with E-state index in [-0.39, 0.29) is 18.4 Å². The molecular weight excluding hydrogens is 508 g/mol. The molecule has 0 bridgehead atoms. The van der Waals surface area contributed by atoms with E-state index in [1.807, 2.05) is 48.5 Å². The van der Waals surface area contributed by atoms with E-state index in [0.717, 1.165) is 16.7 Å². The minimum atomic E-state index is -1.05. The summed E-state index contributed by atoms with van der Waals surface area (Å²) in [5, 5.41) is 12.9. The molecule has 10 heteroatoms. The molecule has 3 aromatic carbocycles. The third-order valence-electron chi connectivity index (χ3n) is 6.30. The predicted molar refractivity (Wildman–Crippen MR) is 152 cm³/mol. The van der Waals surface area contributed by atoms with Crippen LogP contribution in [0.5, 0.6) is 5.75 Å². The second-order valence-electron chi connectivity index (χ2n) is 9.45. The molecule has 0 saturated heterocycles. The monoisotopic (exact) mass is 540 g/mol. The molecule has 2 N–H and O–H groups in total. The summed E-state index contributed by atoms with van der Waals surface area (Å²) in [6, 6.07) is 25.7. The second kappa shape index (κ2) is 13.2. The first-order valence-corrected chi connectivity index (χ1v) is 12.8. The van der Waals surface area contributed by atoms with Crippen molar-refractivity contribution in [2.24, 2.45) is 0 Å². The van der Waals surface area contributed by atoms with Gasteiger partial charge in [0, 0.05) is 27.1 Å². The fourth-order valence-electron chi connectivity index (χ4n) is 4.05. The lowest BCUT2D eigenvalue weighted by molar-refractivity contribution is -0.137. The second-order valence-corrected chi connectivity index (χ2v) is 9.45. The molecule has 0 aliphatic rings. The number of carbonyl (C=O) groups excluding carboxylic acids is 1. The number of hydrogen-bond donors (Lipinski definition) is 2. The molecule has 0 aliphatic heterocycles. The van der Waals surface area contributed by atoms with Crippen LogP contribution < -0.4 is 15.0 Å². The van der Waals surface area contributed by atoms with Crippen molar-refractivity contribution in [3.8, 4) is 5.75 Å². The van der Waals surface area contributed by atoms with Crippen LogP contribution in [0.25, 0.3) is 0 Å². The van der Waals surface area contributed by atoms with Gasteiger partial charge in [0.25, 0.3) is 0 Å². The van der Waals surface area contributed by atoms with Crippen molar-refractivity contribution in [1.82, 2.24) is 19.9 Å². The zero-order valence-corrected chi connectivity index (χ0v) is 22.6. The number of carboxylic acids is 1. The van der Waals surface area contributed by atoms with Gasteiger partial charge in [-0.05, 0) is 35.7 Å². The summed E-state index contributed by atoms with van der Waals surface area (Å²) in [4.78, 5) is 40.5. The topological polar surface area (TPSA) is 121 Å². The lowest BCUT2D eigenvalue weighted by Gasteiger charge is -2.30. The molecule has 4 aromatic rings. The average molecular weight is 541 g/mol. The molecule has 1 heterocycles. The Bertz CT molecular complexity index is 1400. The van der Waals surface area contributed by atoms with E-state index in [9.17, 15) is 14.7 Å². The molecule has 0 radical (unpaired) electrons. The van der Waals surface area contributed by atoms with Gasteiger partial charge in [0.1, 0.15) is 18.1 Å². The maximum absolute atomic E-state index is 12.1. The lowest BCUT2D eigenvalue weighted by Crippen LogP contribution is -2.33. The Kier molecular flexibility index (Phi) is 9.24. The molecule has 2 atom stereocenters. The van der Waals surface area contributed by atoms with Crippen LogP contribution in [0.3, 0.4) is 0 Å². The largest absolute Gasteiger partial charge is 0.480 e. The van der Waals surface area contributed by atoms with Crippen molar-refractivity contribution in [1.29, 1.82) is 0 Å². The number of nitrogens with one attached hydrogen (secondary N) is 1. The van der Waals surface area contributed by atoms with Crippen LogP contribution in [0.1, 0.15) is 29.7 Å². The Balaban J connectivity index is 1.53. The Labute approximate surface area is 233 Å². The zero-order chi connectivity index (χ0) is 28.5. The Hall–Kier alpha value is -4.99. The number of anilines is 2. The number of amides is 1. The molecule has 10 nitrogen and oxygen atoms in total. The average Bonchev–Trinajstić information content (AvgIpc) is 2.97. The number of aliphatic carboxylic acids is 1. The third-order valence-corrected chi connectivity index (χ3v) is 6.30. The van der Waals surface area contributed by atoms with Crippen LogP contribution >= 0.6 is 0 Å². The summed E-state index contributed by atoms with van der Waals surface area (Å²) in [5.41, 5.74) is 2.92. The molecule has 0 aliphatic carbocycles.